The largest absolute Gasteiger partial charge is 0.342 e. The second kappa shape index (κ2) is 11.3. The van der Waals surface area contributed by atoms with Crippen LogP contribution in [0.1, 0.15) is 40.5 Å². The van der Waals surface area contributed by atoms with Gasteiger partial charge in [-0.1, -0.05) is 60.7 Å². The molecule has 1 unspecified atom stereocenters. The Morgan fingerprint density at radius 2 is 1.49 bits per heavy atom. The lowest BCUT2D eigenvalue weighted by molar-refractivity contribution is 0.0711. The average molecular weight is 535 g/mol. The highest BCUT2D eigenvalue weighted by Crippen LogP contribution is 2.29. The summed E-state index contributed by atoms with van der Waals surface area (Å²) in [6.07, 6.45) is 1.76. The maximum atomic E-state index is 13.6. The molecular formula is C32H30N4O2S. The van der Waals surface area contributed by atoms with Gasteiger partial charge in [-0.05, 0) is 66.9 Å². The Bertz CT molecular complexity index is 1540. The molecule has 1 N–H and O–H groups in total. The fraction of sp³-hybridized carbons (Fsp3) is 0.188. The van der Waals surface area contributed by atoms with Crippen molar-refractivity contribution < 1.29 is 9.00 Å². The van der Waals surface area contributed by atoms with Crippen LogP contribution in [0.5, 0.6) is 0 Å². The highest BCUT2D eigenvalue weighted by Gasteiger charge is 2.27. The lowest BCUT2D eigenvalue weighted by Crippen LogP contribution is -2.38. The van der Waals surface area contributed by atoms with Gasteiger partial charge < -0.3 is 9.88 Å². The van der Waals surface area contributed by atoms with Crippen molar-refractivity contribution in [1.29, 1.82) is 0 Å². The lowest BCUT2D eigenvalue weighted by atomic mass is 9.95. The van der Waals surface area contributed by atoms with Crippen molar-refractivity contribution in [3.05, 3.63) is 126 Å². The molecule has 2 heterocycles. The quantitative estimate of drug-likeness (QED) is 0.266. The summed E-state index contributed by atoms with van der Waals surface area (Å²) >= 11 is 0. The van der Waals surface area contributed by atoms with Crippen molar-refractivity contribution >= 4 is 33.6 Å². The maximum absolute atomic E-state index is 13.6. The number of aromatic amines is 1. The van der Waals surface area contributed by atoms with Crippen molar-refractivity contribution in [2.75, 3.05) is 17.4 Å². The molecule has 0 saturated carbocycles. The van der Waals surface area contributed by atoms with E-state index in [4.69, 9.17) is 4.98 Å². The molecule has 0 aliphatic carbocycles. The average Bonchev–Trinajstić information content (AvgIpc) is 3.45. The summed E-state index contributed by atoms with van der Waals surface area (Å²) in [4.78, 5) is 24.2. The number of likely N-dealkylation sites (tertiary alicyclic amines) is 1. The van der Waals surface area contributed by atoms with Crippen molar-refractivity contribution in [1.82, 2.24) is 14.9 Å². The summed E-state index contributed by atoms with van der Waals surface area (Å²) in [5.74, 6) is 1.37. The molecule has 0 bridgehead atoms. The van der Waals surface area contributed by atoms with Crippen LogP contribution in [0.4, 0.5) is 5.69 Å². The highest BCUT2D eigenvalue weighted by atomic mass is 32.2. The van der Waals surface area contributed by atoms with Gasteiger partial charge in [-0.3, -0.25) is 9.10 Å². The maximum Gasteiger partial charge on any atom is 0.253 e. The van der Waals surface area contributed by atoms with E-state index in [9.17, 15) is 9.00 Å². The number of anilines is 1. The minimum atomic E-state index is -1.39. The van der Waals surface area contributed by atoms with Gasteiger partial charge in [-0.15, -0.1) is 0 Å². The number of benzene rings is 4. The second-order valence-corrected chi connectivity index (χ2v) is 11.2. The van der Waals surface area contributed by atoms with Crippen LogP contribution in [-0.2, 0) is 17.5 Å². The zero-order valence-electron chi connectivity index (χ0n) is 21.6. The minimum Gasteiger partial charge on any atom is -0.342 e. The van der Waals surface area contributed by atoms with Crippen LogP contribution in [0.3, 0.4) is 0 Å². The predicted molar refractivity (Wildman–Crippen MR) is 156 cm³/mol. The Morgan fingerprint density at radius 1 is 0.846 bits per heavy atom. The summed E-state index contributed by atoms with van der Waals surface area (Å²) < 4.78 is 15.4. The van der Waals surface area contributed by atoms with Crippen LogP contribution in [0.2, 0.25) is 0 Å². The number of aromatic nitrogens is 2. The number of piperidine rings is 1. The van der Waals surface area contributed by atoms with Crippen LogP contribution < -0.4 is 4.31 Å². The number of para-hydroxylation sites is 2. The molecule has 1 fully saturated rings. The first-order valence-corrected chi connectivity index (χ1v) is 14.4. The Balaban J connectivity index is 1.15. The zero-order chi connectivity index (χ0) is 26.6. The number of nitrogens with one attached hydrogen (secondary N) is 1. The standard InChI is InChI=1S/C32H30N4O2S/c37-32(35-21-19-25(20-22-35)31-33-29-13-7-8-14-30(29)34-31)26-15-17-27(18-16-26)36(23-24-9-3-1-4-10-24)39(38)28-11-5-2-6-12-28/h1-18,25H,19-23H2,(H,33,34). The molecule has 7 heteroatoms. The Hall–Kier alpha value is -4.23. The normalized spacial score (nSPS) is 14.8. The summed E-state index contributed by atoms with van der Waals surface area (Å²) in [5, 5.41) is 0. The molecular weight excluding hydrogens is 504 g/mol. The Morgan fingerprint density at radius 3 is 2.18 bits per heavy atom. The van der Waals surface area contributed by atoms with Gasteiger partial charge in [0, 0.05) is 24.6 Å². The summed E-state index contributed by atoms with van der Waals surface area (Å²) in [5.41, 5.74) is 4.56. The zero-order valence-corrected chi connectivity index (χ0v) is 22.4. The van der Waals surface area contributed by atoms with E-state index in [2.05, 4.69) is 4.98 Å². The molecule has 5 aromatic rings. The van der Waals surface area contributed by atoms with Crippen molar-refractivity contribution in [3.63, 3.8) is 0 Å². The second-order valence-electron chi connectivity index (χ2n) is 9.84. The molecule has 0 spiro atoms. The Labute approximate surface area is 230 Å². The number of amides is 1. The first-order chi connectivity index (χ1) is 19.2. The number of H-pyrrole nitrogens is 1. The van der Waals surface area contributed by atoms with Crippen LogP contribution in [-0.4, -0.2) is 38.1 Å². The SMILES string of the molecule is O=C(c1ccc(N(Cc2ccccc2)S(=O)c2ccccc2)cc1)N1CCC(c2nc3ccccc3[nH]2)CC1. The number of nitrogens with zero attached hydrogens (tertiary/aromatic N) is 3. The number of carbonyl (C=O) groups excluding carboxylic acids is 1. The topological polar surface area (TPSA) is 69.3 Å². The monoisotopic (exact) mass is 534 g/mol. The molecule has 1 saturated heterocycles. The van der Waals surface area contributed by atoms with Gasteiger partial charge in [0.2, 0.25) is 0 Å². The molecule has 1 aliphatic heterocycles. The first-order valence-electron chi connectivity index (χ1n) is 13.3. The van der Waals surface area contributed by atoms with Gasteiger partial charge in [0.15, 0.2) is 11.0 Å². The molecule has 6 nitrogen and oxygen atoms in total. The van der Waals surface area contributed by atoms with Gasteiger partial charge >= 0.3 is 0 Å². The third kappa shape index (κ3) is 5.49. The van der Waals surface area contributed by atoms with E-state index >= 15 is 0 Å². The minimum absolute atomic E-state index is 0.0309. The van der Waals surface area contributed by atoms with E-state index in [0.717, 1.165) is 45.8 Å². The van der Waals surface area contributed by atoms with Crippen LogP contribution in [0, 0.1) is 0 Å². The molecule has 196 valence electrons. The van der Waals surface area contributed by atoms with Gasteiger partial charge in [0.05, 0.1) is 28.2 Å². The molecule has 1 amide bonds. The van der Waals surface area contributed by atoms with Crippen LogP contribution in [0.25, 0.3) is 11.0 Å². The van der Waals surface area contributed by atoms with Crippen LogP contribution in [0.15, 0.2) is 114 Å². The van der Waals surface area contributed by atoms with E-state index in [1.54, 1.807) is 0 Å². The molecule has 6 rings (SSSR count). The Kier molecular flexibility index (Phi) is 7.23. The fourth-order valence-electron chi connectivity index (χ4n) is 5.13. The molecule has 39 heavy (non-hydrogen) atoms. The van der Waals surface area contributed by atoms with E-state index in [0.29, 0.717) is 31.1 Å². The molecule has 1 aromatic heterocycles. The van der Waals surface area contributed by atoms with Crippen molar-refractivity contribution in [3.8, 4) is 0 Å². The van der Waals surface area contributed by atoms with Crippen molar-refractivity contribution in [2.45, 2.75) is 30.2 Å². The molecule has 1 aliphatic rings. The number of carbonyl (C=O) groups is 1. The molecule has 4 aromatic carbocycles. The number of imidazole rings is 1. The van der Waals surface area contributed by atoms with Crippen molar-refractivity contribution in [2.24, 2.45) is 0 Å². The highest BCUT2D eigenvalue weighted by molar-refractivity contribution is 7.86. The van der Waals surface area contributed by atoms with E-state index in [-0.39, 0.29) is 5.91 Å². The lowest BCUT2D eigenvalue weighted by Gasteiger charge is -2.31. The number of fused-ring (bicyclic) bond motifs is 1. The summed E-state index contributed by atoms with van der Waals surface area (Å²) in [6.45, 7) is 1.88. The van der Waals surface area contributed by atoms with E-state index in [1.807, 2.05) is 118 Å². The molecule has 1 atom stereocenters. The van der Waals surface area contributed by atoms with Gasteiger partial charge in [-0.25, -0.2) is 9.19 Å². The fourth-order valence-corrected chi connectivity index (χ4v) is 6.36. The van der Waals surface area contributed by atoms with Gasteiger partial charge in [-0.2, -0.15) is 0 Å². The van der Waals surface area contributed by atoms with E-state index < -0.39 is 11.0 Å². The number of hydrogen-bond donors (Lipinski definition) is 1. The third-order valence-corrected chi connectivity index (χ3v) is 8.71. The van der Waals surface area contributed by atoms with Crippen LogP contribution >= 0.6 is 0 Å². The number of hydrogen-bond acceptors (Lipinski definition) is 3. The third-order valence-electron chi connectivity index (χ3n) is 7.29. The van der Waals surface area contributed by atoms with Gasteiger partial charge in [0.1, 0.15) is 5.82 Å². The van der Waals surface area contributed by atoms with E-state index in [1.165, 1.54) is 0 Å². The molecule has 0 radical (unpaired) electrons. The van der Waals surface area contributed by atoms with Gasteiger partial charge in [0.25, 0.3) is 5.91 Å². The predicted octanol–water partition coefficient (Wildman–Crippen LogP) is 6.31. The first kappa shape index (κ1) is 25.1. The smallest absolute Gasteiger partial charge is 0.253 e. The summed E-state index contributed by atoms with van der Waals surface area (Å²) in [6, 6.07) is 35.0. The number of rotatable bonds is 7. The summed E-state index contributed by atoms with van der Waals surface area (Å²) in [7, 11) is -1.39.